The molecule has 12 heteroatoms. The van der Waals surface area contributed by atoms with Crippen LogP contribution < -0.4 is 5.32 Å². The predicted octanol–water partition coefficient (Wildman–Crippen LogP) is 2.59. The number of halogens is 4. The van der Waals surface area contributed by atoms with E-state index in [1.165, 1.54) is 6.07 Å². The van der Waals surface area contributed by atoms with Crippen molar-refractivity contribution in [1.82, 2.24) is 4.31 Å². The van der Waals surface area contributed by atoms with E-state index in [0.717, 1.165) is 30.3 Å². The lowest BCUT2D eigenvalue weighted by Crippen LogP contribution is -2.46. The standard InChI is InChI=1S/C19H18ClF3N2O5S/c20-13-8-12(2-4-14(13)21)24-19(27)11-1-3-15(22)18(7-11)31(28,29)25-5-6-30-10-16(23)17(26)9-25/h1-4,7-8,16-17,26H,5-6,9-10H2,(H,24,27). The molecule has 1 amide bonds. The fraction of sp³-hybridized carbons (Fsp3) is 0.316. The van der Waals surface area contributed by atoms with Gasteiger partial charge in [0.25, 0.3) is 5.91 Å². The highest BCUT2D eigenvalue weighted by Crippen LogP contribution is 2.24. The molecule has 168 valence electrons. The number of alkyl halides is 1. The van der Waals surface area contributed by atoms with Gasteiger partial charge in [0.2, 0.25) is 10.0 Å². The normalized spacial score (nSPS) is 20.7. The van der Waals surface area contributed by atoms with E-state index in [1.807, 2.05) is 0 Å². The van der Waals surface area contributed by atoms with Crippen molar-refractivity contribution in [2.24, 2.45) is 0 Å². The Morgan fingerprint density at radius 3 is 2.61 bits per heavy atom. The maximum Gasteiger partial charge on any atom is 0.255 e. The van der Waals surface area contributed by atoms with Gasteiger partial charge in [-0.05, 0) is 36.4 Å². The smallest absolute Gasteiger partial charge is 0.255 e. The minimum Gasteiger partial charge on any atom is -0.389 e. The number of carbonyl (C=O) groups excluding carboxylic acids is 1. The number of hydrogen-bond acceptors (Lipinski definition) is 5. The molecule has 0 bridgehead atoms. The molecule has 7 nitrogen and oxygen atoms in total. The van der Waals surface area contributed by atoms with Crippen LogP contribution >= 0.6 is 11.6 Å². The summed E-state index contributed by atoms with van der Waals surface area (Å²) < 4.78 is 72.9. The van der Waals surface area contributed by atoms with E-state index in [-0.39, 0.29) is 36.0 Å². The Morgan fingerprint density at radius 2 is 1.90 bits per heavy atom. The molecule has 31 heavy (non-hydrogen) atoms. The van der Waals surface area contributed by atoms with Crippen molar-refractivity contribution in [3.05, 3.63) is 58.6 Å². The molecule has 1 heterocycles. The van der Waals surface area contributed by atoms with E-state index in [9.17, 15) is 31.5 Å². The number of sulfonamides is 1. The van der Waals surface area contributed by atoms with Crippen LogP contribution in [0.25, 0.3) is 0 Å². The molecule has 0 spiro atoms. The lowest BCUT2D eigenvalue weighted by atomic mass is 10.2. The number of β-amino-alcohol motifs (C(OH)–C–C–N with tert-alkyl or cyclic N) is 1. The molecule has 0 aliphatic carbocycles. The van der Waals surface area contributed by atoms with Gasteiger partial charge >= 0.3 is 0 Å². The second kappa shape index (κ2) is 9.53. The van der Waals surface area contributed by atoms with Gasteiger partial charge in [0.15, 0.2) is 6.17 Å². The lowest BCUT2D eigenvalue weighted by molar-refractivity contribution is -0.0206. The molecule has 2 atom stereocenters. The highest BCUT2D eigenvalue weighted by molar-refractivity contribution is 7.89. The summed E-state index contributed by atoms with van der Waals surface area (Å²) in [6, 6.07) is 6.13. The summed E-state index contributed by atoms with van der Waals surface area (Å²) in [5.74, 6) is -2.61. The Bertz CT molecular complexity index is 1090. The highest BCUT2D eigenvalue weighted by atomic mass is 35.5. The molecule has 0 aromatic heterocycles. The fourth-order valence-electron chi connectivity index (χ4n) is 2.86. The molecule has 2 aromatic carbocycles. The molecule has 1 aliphatic heterocycles. The first-order valence-corrected chi connectivity index (χ1v) is 10.9. The third-order valence-electron chi connectivity index (χ3n) is 4.56. The number of carbonyl (C=O) groups is 1. The van der Waals surface area contributed by atoms with E-state index in [1.54, 1.807) is 0 Å². The molecule has 1 fully saturated rings. The van der Waals surface area contributed by atoms with Crippen molar-refractivity contribution in [3.8, 4) is 0 Å². The van der Waals surface area contributed by atoms with Gasteiger partial charge in [0.05, 0.1) is 18.2 Å². The molecule has 1 aliphatic rings. The van der Waals surface area contributed by atoms with Crippen LogP contribution in [-0.4, -0.2) is 62.3 Å². The summed E-state index contributed by atoms with van der Waals surface area (Å²) in [6.45, 7) is -1.38. The van der Waals surface area contributed by atoms with Gasteiger partial charge in [0, 0.05) is 24.3 Å². The Hall–Kier alpha value is -2.18. The van der Waals surface area contributed by atoms with Crippen LogP contribution in [0.5, 0.6) is 0 Å². The molecular formula is C19H18ClF3N2O5S. The van der Waals surface area contributed by atoms with Crippen molar-refractivity contribution in [3.63, 3.8) is 0 Å². The van der Waals surface area contributed by atoms with Gasteiger partial charge in [-0.3, -0.25) is 4.79 Å². The molecule has 2 unspecified atom stereocenters. The number of amides is 1. The Morgan fingerprint density at radius 1 is 1.19 bits per heavy atom. The van der Waals surface area contributed by atoms with Gasteiger partial charge in [-0.25, -0.2) is 21.6 Å². The molecule has 1 saturated heterocycles. The van der Waals surface area contributed by atoms with Crippen molar-refractivity contribution < 1.29 is 36.2 Å². The second-order valence-corrected chi connectivity index (χ2v) is 9.06. The molecule has 3 rings (SSSR count). The minimum atomic E-state index is -4.53. The predicted molar refractivity (Wildman–Crippen MR) is 106 cm³/mol. The monoisotopic (exact) mass is 478 g/mol. The zero-order valence-electron chi connectivity index (χ0n) is 15.9. The number of anilines is 1. The number of benzene rings is 2. The summed E-state index contributed by atoms with van der Waals surface area (Å²) in [6.07, 6.45) is -3.46. The largest absolute Gasteiger partial charge is 0.389 e. The third-order valence-corrected chi connectivity index (χ3v) is 6.73. The summed E-state index contributed by atoms with van der Waals surface area (Å²) in [5.41, 5.74) is -0.0595. The maximum atomic E-state index is 14.4. The summed E-state index contributed by atoms with van der Waals surface area (Å²) in [4.78, 5) is 11.7. The quantitative estimate of drug-likeness (QED) is 0.704. The number of aliphatic hydroxyl groups excluding tert-OH is 1. The lowest BCUT2D eigenvalue weighted by Gasteiger charge is -2.28. The van der Waals surface area contributed by atoms with E-state index in [0.29, 0.717) is 4.31 Å². The molecule has 0 saturated carbocycles. The molecule has 2 aromatic rings. The van der Waals surface area contributed by atoms with Crippen molar-refractivity contribution >= 4 is 33.2 Å². The Kier molecular flexibility index (Phi) is 7.22. The van der Waals surface area contributed by atoms with E-state index in [4.69, 9.17) is 16.3 Å². The van der Waals surface area contributed by atoms with Crippen molar-refractivity contribution in [2.75, 3.05) is 31.6 Å². The van der Waals surface area contributed by atoms with Crippen LogP contribution in [0.3, 0.4) is 0 Å². The van der Waals surface area contributed by atoms with Gasteiger partial charge in [-0.2, -0.15) is 4.31 Å². The van der Waals surface area contributed by atoms with Crippen LogP contribution in [0.15, 0.2) is 41.3 Å². The van der Waals surface area contributed by atoms with Crippen LogP contribution in [0.4, 0.5) is 18.9 Å². The van der Waals surface area contributed by atoms with E-state index in [2.05, 4.69) is 5.32 Å². The first-order chi connectivity index (χ1) is 14.6. The fourth-order valence-corrected chi connectivity index (χ4v) is 4.58. The average molecular weight is 479 g/mol. The minimum absolute atomic E-state index is 0.142. The Labute approximate surface area is 181 Å². The SMILES string of the molecule is O=C(Nc1ccc(F)c(Cl)c1)c1ccc(F)c(S(=O)(=O)N2CCOCC(F)C(O)C2)c1. The van der Waals surface area contributed by atoms with Gasteiger partial charge in [-0.15, -0.1) is 0 Å². The molecular weight excluding hydrogens is 461 g/mol. The van der Waals surface area contributed by atoms with Crippen molar-refractivity contribution in [2.45, 2.75) is 17.2 Å². The third kappa shape index (κ3) is 5.36. The first-order valence-electron chi connectivity index (χ1n) is 9.05. The second-order valence-electron chi connectivity index (χ2n) is 6.75. The van der Waals surface area contributed by atoms with E-state index < -0.39 is 51.3 Å². The van der Waals surface area contributed by atoms with Crippen LogP contribution in [0.2, 0.25) is 5.02 Å². The van der Waals surface area contributed by atoms with Crippen molar-refractivity contribution in [1.29, 1.82) is 0 Å². The number of hydrogen-bond donors (Lipinski definition) is 2. The van der Waals surface area contributed by atoms with E-state index >= 15 is 0 Å². The summed E-state index contributed by atoms with van der Waals surface area (Å²) in [5, 5.41) is 12.0. The summed E-state index contributed by atoms with van der Waals surface area (Å²) >= 11 is 5.66. The maximum absolute atomic E-state index is 14.4. The Balaban J connectivity index is 1.88. The number of ether oxygens (including phenoxy) is 1. The summed E-state index contributed by atoms with van der Waals surface area (Å²) in [7, 11) is -4.53. The van der Waals surface area contributed by atoms with Crippen LogP contribution in [-0.2, 0) is 14.8 Å². The number of rotatable bonds is 4. The topological polar surface area (TPSA) is 95.9 Å². The highest BCUT2D eigenvalue weighted by Gasteiger charge is 2.33. The molecule has 0 radical (unpaired) electrons. The number of nitrogens with one attached hydrogen (secondary N) is 1. The van der Waals surface area contributed by atoms with Gasteiger partial charge in [-0.1, -0.05) is 11.6 Å². The van der Waals surface area contributed by atoms with Gasteiger partial charge < -0.3 is 15.2 Å². The molecule has 2 N–H and O–H groups in total. The van der Waals surface area contributed by atoms with Crippen LogP contribution in [0.1, 0.15) is 10.4 Å². The van der Waals surface area contributed by atoms with Crippen LogP contribution in [0, 0.1) is 11.6 Å². The number of aliphatic hydroxyl groups is 1. The number of nitrogens with zero attached hydrogens (tertiary/aromatic N) is 1. The van der Waals surface area contributed by atoms with Gasteiger partial charge in [0.1, 0.15) is 22.6 Å². The zero-order chi connectivity index (χ0) is 22.8. The zero-order valence-corrected chi connectivity index (χ0v) is 17.5. The average Bonchev–Trinajstić information content (AvgIpc) is 2.71. The first kappa shape index (κ1) is 23.5.